The van der Waals surface area contributed by atoms with Gasteiger partial charge in [0, 0.05) is 17.6 Å². The molecule has 0 saturated carbocycles. The lowest BCUT2D eigenvalue weighted by Gasteiger charge is -2.18. The van der Waals surface area contributed by atoms with Gasteiger partial charge in [-0.05, 0) is 30.2 Å². The third-order valence-corrected chi connectivity index (χ3v) is 4.90. The summed E-state index contributed by atoms with van der Waals surface area (Å²) in [6, 6.07) is 5.00. The number of fused-ring (bicyclic) bond motifs is 1. The fourth-order valence-corrected chi connectivity index (χ4v) is 3.25. The van der Waals surface area contributed by atoms with Gasteiger partial charge in [0.15, 0.2) is 0 Å². The first-order valence-corrected chi connectivity index (χ1v) is 9.05. The molecule has 0 radical (unpaired) electrons. The summed E-state index contributed by atoms with van der Waals surface area (Å²) >= 11 is 0. The van der Waals surface area contributed by atoms with Gasteiger partial charge in [-0.3, -0.25) is 0 Å². The fraction of sp³-hybridized carbons (Fsp3) is 0.438. The Morgan fingerprint density at radius 1 is 1.35 bits per heavy atom. The predicted octanol–water partition coefficient (Wildman–Crippen LogP) is 2.18. The highest BCUT2D eigenvalue weighted by Gasteiger charge is 2.24. The first-order valence-electron chi connectivity index (χ1n) is 7.50. The van der Waals surface area contributed by atoms with Gasteiger partial charge in [0.25, 0.3) is 0 Å². The molecule has 23 heavy (non-hydrogen) atoms. The highest BCUT2D eigenvalue weighted by molar-refractivity contribution is 7.89. The standard InChI is InChI=1S/C16H21N3O3S/c1-16(2,3)14-9-18-15(22-14)10-19-7-6-11-8-12(23(17,20)21)4-5-13(11)19/h4-5,8-9H,6-7,10H2,1-3H3,(H2,17,20,21). The van der Waals surface area contributed by atoms with Gasteiger partial charge in [-0.25, -0.2) is 18.5 Å². The van der Waals surface area contributed by atoms with Crippen molar-refractivity contribution in [3.05, 3.63) is 41.6 Å². The molecule has 0 aliphatic carbocycles. The van der Waals surface area contributed by atoms with Crippen molar-refractivity contribution in [1.29, 1.82) is 0 Å². The van der Waals surface area contributed by atoms with Gasteiger partial charge in [0.2, 0.25) is 15.9 Å². The van der Waals surface area contributed by atoms with Crippen LogP contribution in [0.4, 0.5) is 5.69 Å². The fourth-order valence-electron chi connectivity index (χ4n) is 2.68. The van der Waals surface area contributed by atoms with Crippen molar-refractivity contribution in [2.75, 3.05) is 11.4 Å². The van der Waals surface area contributed by atoms with E-state index in [-0.39, 0.29) is 10.3 Å². The SMILES string of the molecule is CC(C)(C)c1cnc(CN2CCc3cc(S(N)(=O)=O)ccc32)o1. The predicted molar refractivity (Wildman–Crippen MR) is 87.8 cm³/mol. The lowest BCUT2D eigenvalue weighted by atomic mass is 9.94. The monoisotopic (exact) mass is 335 g/mol. The maximum Gasteiger partial charge on any atom is 0.238 e. The number of benzene rings is 1. The number of rotatable bonds is 3. The highest BCUT2D eigenvalue weighted by atomic mass is 32.2. The maximum absolute atomic E-state index is 11.4. The Balaban J connectivity index is 1.82. The molecule has 3 rings (SSSR count). The second-order valence-corrected chi connectivity index (χ2v) is 8.44. The zero-order valence-electron chi connectivity index (χ0n) is 13.5. The number of aromatic nitrogens is 1. The largest absolute Gasteiger partial charge is 0.443 e. The van der Waals surface area contributed by atoms with Gasteiger partial charge >= 0.3 is 0 Å². The van der Waals surface area contributed by atoms with Crippen LogP contribution in [0.2, 0.25) is 0 Å². The molecule has 0 bridgehead atoms. The molecular formula is C16H21N3O3S. The van der Waals surface area contributed by atoms with Gasteiger partial charge in [-0.15, -0.1) is 0 Å². The Bertz CT molecular complexity index is 834. The molecule has 0 amide bonds. The van der Waals surface area contributed by atoms with E-state index < -0.39 is 10.0 Å². The molecule has 124 valence electrons. The molecule has 7 heteroatoms. The van der Waals surface area contributed by atoms with E-state index in [2.05, 4.69) is 30.7 Å². The number of primary sulfonamides is 1. The lowest BCUT2D eigenvalue weighted by molar-refractivity contribution is 0.381. The minimum atomic E-state index is -3.66. The Morgan fingerprint density at radius 3 is 2.70 bits per heavy atom. The quantitative estimate of drug-likeness (QED) is 0.928. The van der Waals surface area contributed by atoms with E-state index >= 15 is 0 Å². The first kappa shape index (κ1) is 16.0. The van der Waals surface area contributed by atoms with E-state index in [1.165, 1.54) is 0 Å². The van der Waals surface area contributed by atoms with Crippen LogP contribution in [0.5, 0.6) is 0 Å². The number of nitrogens with zero attached hydrogens (tertiary/aromatic N) is 2. The number of hydrogen-bond donors (Lipinski definition) is 1. The number of nitrogens with two attached hydrogens (primary N) is 1. The molecule has 1 aliphatic rings. The summed E-state index contributed by atoms with van der Waals surface area (Å²) in [4.78, 5) is 6.65. The number of sulfonamides is 1. The first-order chi connectivity index (χ1) is 10.6. The second-order valence-electron chi connectivity index (χ2n) is 6.88. The van der Waals surface area contributed by atoms with E-state index in [1.54, 1.807) is 24.4 Å². The van der Waals surface area contributed by atoms with Crippen LogP contribution < -0.4 is 10.0 Å². The van der Waals surface area contributed by atoms with Crippen molar-refractivity contribution in [1.82, 2.24) is 4.98 Å². The normalized spacial score (nSPS) is 15.0. The van der Waals surface area contributed by atoms with Gasteiger partial charge in [-0.1, -0.05) is 20.8 Å². The van der Waals surface area contributed by atoms with Crippen molar-refractivity contribution >= 4 is 15.7 Å². The van der Waals surface area contributed by atoms with Crippen LogP contribution in [-0.2, 0) is 28.4 Å². The second kappa shape index (κ2) is 5.35. The van der Waals surface area contributed by atoms with E-state index in [0.29, 0.717) is 12.4 Å². The summed E-state index contributed by atoms with van der Waals surface area (Å²) < 4.78 is 28.7. The summed E-state index contributed by atoms with van der Waals surface area (Å²) in [6.07, 6.45) is 2.56. The Morgan fingerprint density at radius 2 is 2.09 bits per heavy atom. The van der Waals surface area contributed by atoms with Gasteiger partial charge in [0.1, 0.15) is 5.76 Å². The topological polar surface area (TPSA) is 89.4 Å². The Hall–Kier alpha value is -1.86. The van der Waals surface area contributed by atoms with Crippen LogP contribution in [0.25, 0.3) is 0 Å². The molecule has 6 nitrogen and oxygen atoms in total. The molecule has 2 aromatic rings. The lowest BCUT2D eigenvalue weighted by Crippen LogP contribution is -2.20. The number of anilines is 1. The molecule has 0 spiro atoms. The summed E-state index contributed by atoms with van der Waals surface area (Å²) in [5.41, 5.74) is 1.92. The average molecular weight is 335 g/mol. The third kappa shape index (κ3) is 3.25. The maximum atomic E-state index is 11.4. The molecule has 0 atom stereocenters. The molecule has 1 aromatic carbocycles. The number of hydrogen-bond acceptors (Lipinski definition) is 5. The van der Waals surface area contributed by atoms with Crippen LogP contribution in [0.3, 0.4) is 0 Å². The minimum Gasteiger partial charge on any atom is -0.443 e. The zero-order chi connectivity index (χ0) is 16.8. The van der Waals surface area contributed by atoms with Crippen LogP contribution in [-0.4, -0.2) is 19.9 Å². The van der Waals surface area contributed by atoms with E-state index in [9.17, 15) is 8.42 Å². The summed E-state index contributed by atoms with van der Waals surface area (Å²) in [5.74, 6) is 1.52. The average Bonchev–Trinajstić information content (AvgIpc) is 3.05. The van der Waals surface area contributed by atoms with Gasteiger partial charge < -0.3 is 9.32 Å². The Kier molecular flexibility index (Phi) is 3.72. The van der Waals surface area contributed by atoms with Crippen molar-refractivity contribution in [2.24, 2.45) is 5.14 Å². The molecular weight excluding hydrogens is 314 g/mol. The van der Waals surface area contributed by atoms with Crippen LogP contribution in [0, 0.1) is 0 Å². The summed E-state index contributed by atoms with van der Waals surface area (Å²) in [5, 5.41) is 5.19. The van der Waals surface area contributed by atoms with Crippen LogP contribution >= 0.6 is 0 Å². The molecule has 0 fully saturated rings. The highest BCUT2D eigenvalue weighted by Crippen LogP contribution is 2.31. The summed E-state index contributed by atoms with van der Waals surface area (Å²) in [6.45, 7) is 7.61. The molecule has 0 unspecified atom stereocenters. The third-order valence-electron chi connectivity index (χ3n) is 3.99. The van der Waals surface area contributed by atoms with Crippen LogP contribution in [0.1, 0.15) is 38.0 Å². The Labute approximate surface area is 136 Å². The van der Waals surface area contributed by atoms with Crippen LogP contribution in [0.15, 0.2) is 33.7 Å². The smallest absolute Gasteiger partial charge is 0.238 e. The van der Waals surface area contributed by atoms with Gasteiger partial charge in [0.05, 0.1) is 17.6 Å². The molecule has 2 N–H and O–H groups in total. The molecule has 1 aliphatic heterocycles. The molecule has 2 heterocycles. The molecule has 0 saturated heterocycles. The zero-order valence-corrected chi connectivity index (χ0v) is 14.4. The van der Waals surface area contributed by atoms with Gasteiger partial charge in [-0.2, -0.15) is 0 Å². The van der Waals surface area contributed by atoms with Crippen molar-refractivity contribution < 1.29 is 12.8 Å². The minimum absolute atomic E-state index is 0.0709. The number of oxazole rings is 1. The summed E-state index contributed by atoms with van der Waals surface area (Å²) in [7, 11) is -3.66. The van der Waals surface area contributed by atoms with Crippen molar-refractivity contribution in [3.63, 3.8) is 0 Å². The molecule has 1 aromatic heterocycles. The van der Waals surface area contributed by atoms with E-state index in [4.69, 9.17) is 9.56 Å². The van der Waals surface area contributed by atoms with E-state index in [0.717, 1.165) is 30.0 Å². The van der Waals surface area contributed by atoms with Crippen molar-refractivity contribution in [3.8, 4) is 0 Å². The van der Waals surface area contributed by atoms with Crippen molar-refractivity contribution in [2.45, 2.75) is 44.0 Å². The van der Waals surface area contributed by atoms with E-state index in [1.807, 2.05) is 0 Å².